The third-order valence-corrected chi connectivity index (χ3v) is 3.07. The summed E-state index contributed by atoms with van der Waals surface area (Å²) >= 11 is 5.81. The Kier molecular flexibility index (Phi) is 3.60. The SMILES string of the molecule is CC(C)(C)n1c(CN)nnc1-c1cccc(Cl)c1F. The van der Waals surface area contributed by atoms with Gasteiger partial charge in [-0.05, 0) is 32.9 Å². The number of nitrogens with zero attached hydrogens (tertiary/aromatic N) is 3. The molecule has 0 fully saturated rings. The zero-order valence-electron chi connectivity index (χ0n) is 11.1. The first-order chi connectivity index (χ1) is 8.86. The van der Waals surface area contributed by atoms with Crippen molar-refractivity contribution < 1.29 is 4.39 Å². The predicted molar refractivity (Wildman–Crippen MR) is 73.3 cm³/mol. The quantitative estimate of drug-likeness (QED) is 0.921. The molecule has 4 nitrogen and oxygen atoms in total. The largest absolute Gasteiger partial charge is 0.324 e. The number of aromatic nitrogens is 3. The average Bonchev–Trinajstić information content (AvgIpc) is 2.76. The molecule has 0 amide bonds. The number of benzene rings is 1. The maximum Gasteiger partial charge on any atom is 0.167 e. The fourth-order valence-electron chi connectivity index (χ4n) is 2.00. The van der Waals surface area contributed by atoms with Crippen LogP contribution in [0, 0.1) is 5.82 Å². The minimum absolute atomic E-state index is 0.0651. The first kappa shape index (κ1) is 14.0. The second-order valence-corrected chi connectivity index (χ2v) is 5.66. The summed E-state index contributed by atoms with van der Waals surface area (Å²) in [5.41, 5.74) is 5.69. The number of halogens is 2. The minimum atomic E-state index is -0.495. The molecule has 0 spiro atoms. The fraction of sp³-hybridized carbons (Fsp3) is 0.385. The molecule has 2 aromatic rings. The smallest absolute Gasteiger partial charge is 0.167 e. The van der Waals surface area contributed by atoms with Crippen molar-refractivity contribution in [1.82, 2.24) is 14.8 Å². The summed E-state index contributed by atoms with van der Waals surface area (Å²) in [5.74, 6) is 0.556. The predicted octanol–water partition coefficient (Wildman–Crippen LogP) is 2.95. The Hall–Kier alpha value is -1.46. The van der Waals surface area contributed by atoms with Crippen LogP contribution in [0.1, 0.15) is 26.6 Å². The molecular formula is C13H16ClFN4. The van der Waals surface area contributed by atoms with E-state index in [1.165, 1.54) is 6.07 Å². The monoisotopic (exact) mass is 282 g/mol. The Labute approximate surface area is 116 Å². The lowest BCUT2D eigenvalue weighted by molar-refractivity contribution is 0.386. The Morgan fingerprint density at radius 2 is 2.00 bits per heavy atom. The second kappa shape index (κ2) is 4.90. The number of rotatable bonds is 2. The van der Waals surface area contributed by atoms with Gasteiger partial charge in [0.25, 0.3) is 0 Å². The standard InChI is InChI=1S/C13H16ClFN4/c1-13(2,3)19-10(7-16)17-18-12(19)8-5-4-6-9(14)11(8)15/h4-6H,7,16H2,1-3H3. The lowest BCUT2D eigenvalue weighted by Gasteiger charge is -2.24. The summed E-state index contributed by atoms with van der Waals surface area (Å²) in [7, 11) is 0. The normalized spacial score (nSPS) is 11.9. The Morgan fingerprint density at radius 3 is 2.58 bits per heavy atom. The molecule has 0 saturated carbocycles. The molecule has 6 heteroatoms. The molecule has 0 unspecified atom stereocenters. The van der Waals surface area contributed by atoms with Crippen LogP contribution in [0.15, 0.2) is 18.2 Å². The molecule has 1 heterocycles. The van der Waals surface area contributed by atoms with Crippen molar-refractivity contribution in [2.75, 3.05) is 0 Å². The third-order valence-electron chi connectivity index (χ3n) is 2.78. The number of hydrogen-bond donors (Lipinski definition) is 1. The maximum atomic E-state index is 14.1. The topological polar surface area (TPSA) is 56.7 Å². The molecule has 2 N–H and O–H groups in total. The number of hydrogen-bond acceptors (Lipinski definition) is 3. The van der Waals surface area contributed by atoms with E-state index in [0.29, 0.717) is 17.2 Å². The van der Waals surface area contributed by atoms with Gasteiger partial charge in [-0.2, -0.15) is 0 Å². The molecule has 19 heavy (non-hydrogen) atoms. The molecule has 1 aromatic carbocycles. The van der Waals surface area contributed by atoms with Crippen LogP contribution in [0.25, 0.3) is 11.4 Å². The Morgan fingerprint density at radius 1 is 1.32 bits per heavy atom. The van der Waals surface area contributed by atoms with Gasteiger partial charge in [0.15, 0.2) is 11.6 Å². The maximum absolute atomic E-state index is 14.1. The van der Waals surface area contributed by atoms with E-state index in [9.17, 15) is 4.39 Å². The van der Waals surface area contributed by atoms with E-state index in [0.717, 1.165) is 0 Å². The van der Waals surface area contributed by atoms with Gasteiger partial charge in [0.2, 0.25) is 0 Å². The van der Waals surface area contributed by atoms with Crippen LogP contribution in [0.3, 0.4) is 0 Å². The molecule has 2 rings (SSSR count). The van der Waals surface area contributed by atoms with Crippen LogP contribution in [0.2, 0.25) is 5.02 Å². The highest BCUT2D eigenvalue weighted by Crippen LogP contribution is 2.30. The molecule has 0 atom stereocenters. The van der Waals surface area contributed by atoms with Gasteiger partial charge in [-0.15, -0.1) is 10.2 Å². The van der Waals surface area contributed by atoms with Crippen LogP contribution >= 0.6 is 11.6 Å². The molecule has 102 valence electrons. The molecule has 1 aromatic heterocycles. The van der Waals surface area contributed by atoms with E-state index < -0.39 is 5.82 Å². The van der Waals surface area contributed by atoms with Gasteiger partial charge in [0.05, 0.1) is 17.1 Å². The van der Waals surface area contributed by atoms with Crippen molar-refractivity contribution in [1.29, 1.82) is 0 Å². The van der Waals surface area contributed by atoms with Crippen molar-refractivity contribution in [3.05, 3.63) is 34.9 Å². The summed E-state index contributed by atoms with van der Waals surface area (Å²) < 4.78 is 16.0. The van der Waals surface area contributed by atoms with Gasteiger partial charge in [-0.3, -0.25) is 0 Å². The lowest BCUT2D eigenvalue weighted by Crippen LogP contribution is -2.26. The molecule has 0 radical (unpaired) electrons. The molecule has 0 bridgehead atoms. The zero-order chi connectivity index (χ0) is 14.2. The van der Waals surface area contributed by atoms with Crippen molar-refractivity contribution in [3.8, 4) is 11.4 Å². The highest BCUT2D eigenvalue weighted by atomic mass is 35.5. The van der Waals surface area contributed by atoms with Crippen LogP contribution in [0.5, 0.6) is 0 Å². The summed E-state index contributed by atoms with van der Waals surface area (Å²) in [6.07, 6.45) is 0. The average molecular weight is 283 g/mol. The van der Waals surface area contributed by atoms with Crippen molar-refractivity contribution >= 4 is 11.6 Å². The van der Waals surface area contributed by atoms with Crippen molar-refractivity contribution in [2.45, 2.75) is 32.9 Å². The number of nitrogens with two attached hydrogens (primary N) is 1. The van der Waals surface area contributed by atoms with Crippen molar-refractivity contribution in [3.63, 3.8) is 0 Å². The molecule has 0 saturated heterocycles. The molecule has 0 aliphatic carbocycles. The summed E-state index contributed by atoms with van der Waals surface area (Å²) in [6.45, 7) is 6.21. The van der Waals surface area contributed by atoms with Crippen LogP contribution in [0.4, 0.5) is 4.39 Å². The van der Waals surface area contributed by atoms with Crippen molar-refractivity contribution in [2.24, 2.45) is 5.73 Å². The second-order valence-electron chi connectivity index (χ2n) is 5.25. The molecule has 0 aliphatic heterocycles. The van der Waals surface area contributed by atoms with Gasteiger partial charge < -0.3 is 10.3 Å². The third kappa shape index (κ3) is 2.48. The van der Waals surface area contributed by atoms with E-state index in [4.69, 9.17) is 17.3 Å². The fourth-order valence-corrected chi connectivity index (χ4v) is 2.18. The van der Waals surface area contributed by atoms with E-state index in [2.05, 4.69) is 10.2 Å². The van der Waals surface area contributed by atoms with Gasteiger partial charge in [-0.25, -0.2) is 4.39 Å². The van der Waals surface area contributed by atoms with Crippen LogP contribution in [-0.4, -0.2) is 14.8 Å². The van der Waals surface area contributed by atoms with Gasteiger partial charge in [0, 0.05) is 5.54 Å². The highest BCUT2D eigenvalue weighted by molar-refractivity contribution is 6.31. The van der Waals surface area contributed by atoms with Crippen LogP contribution in [-0.2, 0) is 12.1 Å². The van der Waals surface area contributed by atoms with Gasteiger partial charge in [0.1, 0.15) is 5.82 Å². The lowest BCUT2D eigenvalue weighted by atomic mass is 10.1. The summed E-state index contributed by atoms with van der Waals surface area (Å²) in [4.78, 5) is 0. The Balaban J connectivity index is 2.70. The first-order valence-corrected chi connectivity index (χ1v) is 6.33. The first-order valence-electron chi connectivity index (χ1n) is 5.95. The zero-order valence-corrected chi connectivity index (χ0v) is 11.9. The van der Waals surface area contributed by atoms with E-state index in [1.807, 2.05) is 25.3 Å². The van der Waals surface area contributed by atoms with Gasteiger partial charge >= 0.3 is 0 Å². The highest BCUT2D eigenvalue weighted by Gasteiger charge is 2.25. The van der Waals surface area contributed by atoms with E-state index in [1.54, 1.807) is 12.1 Å². The summed E-state index contributed by atoms with van der Waals surface area (Å²) in [6, 6.07) is 4.82. The molecule has 0 aliphatic rings. The van der Waals surface area contributed by atoms with E-state index in [-0.39, 0.29) is 17.1 Å². The van der Waals surface area contributed by atoms with Crippen LogP contribution < -0.4 is 5.73 Å². The van der Waals surface area contributed by atoms with Gasteiger partial charge in [-0.1, -0.05) is 17.7 Å². The minimum Gasteiger partial charge on any atom is -0.324 e. The molecular weight excluding hydrogens is 267 g/mol. The summed E-state index contributed by atoms with van der Waals surface area (Å²) in [5, 5.41) is 8.15. The van der Waals surface area contributed by atoms with E-state index >= 15 is 0 Å². The Bertz CT molecular complexity index is 601.